The van der Waals surface area contributed by atoms with Gasteiger partial charge in [0.1, 0.15) is 11.9 Å². The Morgan fingerprint density at radius 2 is 1.64 bits per heavy atom. The number of nitrogens with zero attached hydrogens (tertiary/aromatic N) is 4. The fourth-order valence-electron chi connectivity index (χ4n) is 3.67. The molecule has 1 aromatic carbocycles. The van der Waals surface area contributed by atoms with Crippen molar-refractivity contribution < 1.29 is 65.1 Å². The van der Waals surface area contributed by atoms with Gasteiger partial charge in [0, 0.05) is 38.2 Å². The number of aromatic nitrogens is 3. The van der Waals surface area contributed by atoms with Crippen LogP contribution in [-0.4, -0.2) is 72.7 Å². The molecule has 0 unspecified atom stereocenters. The third-order valence-electron chi connectivity index (χ3n) is 5.68. The molecule has 254 valence electrons. The largest absolute Gasteiger partial charge is 0.790 e. The van der Waals surface area contributed by atoms with E-state index in [0.717, 1.165) is 4.57 Å². The number of hydrogen-bond acceptors (Lipinski definition) is 10. The Hall–Kier alpha value is -3.82. The average Bonchev–Trinajstić information content (AvgIpc) is 3.33. The topological polar surface area (TPSA) is 279 Å². The zero-order chi connectivity index (χ0) is 34.7. The Morgan fingerprint density at radius 1 is 1.07 bits per heavy atom. The van der Waals surface area contributed by atoms with E-state index in [0.29, 0.717) is 31.5 Å². The molecule has 2 atom stereocenters. The van der Waals surface area contributed by atoms with Crippen LogP contribution in [0.25, 0.3) is 0 Å². The molecule has 0 aliphatic carbocycles. The summed E-state index contributed by atoms with van der Waals surface area (Å²) in [5.41, 5.74) is 15.6. The SMILES string of the molecule is NC(=O)NCCC[C@H](N)C(=O)O.N[C@@H](CC(=O)N1CCn2c(nnc2C(F)(F)F)C1)Cc1cc(F)c(F)cc1F.O=P([O-])([O-])O. The Labute approximate surface area is 250 Å². The molecule has 16 nitrogen and oxygen atoms in total. The molecule has 1 aromatic heterocycles. The number of benzene rings is 1. The van der Waals surface area contributed by atoms with Crippen molar-refractivity contribution in [1.82, 2.24) is 25.0 Å². The number of carbonyl (C=O) groups is 3. The van der Waals surface area contributed by atoms with Crippen LogP contribution in [0.15, 0.2) is 12.1 Å². The fraction of sp³-hybridized carbons (Fsp3) is 0.500. The molecule has 3 rings (SSSR count). The van der Waals surface area contributed by atoms with Crippen molar-refractivity contribution in [2.75, 3.05) is 13.1 Å². The van der Waals surface area contributed by atoms with Crippen molar-refractivity contribution in [3.63, 3.8) is 0 Å². The summed E-state index contributed by atoms with van der Waals surface area (Å²) in [6.45, 7) is 0.0552. The van der Waals surface area contributed by atoms with Gasteiger partial charge in [-0.2, -0.15) is 13.2 Å². The second-order valence-electron chi connectivity index (χ2n) is 9.28. The van der Waals surface area contributed by atoms with Crippen LogP contribution in [0.3, 0.4) is 0 Å². The lowest BCUT2D eigenvalue weighted by Crippen LogP contribution is -2.42. The van der Waals surface area contributed by atoms with Crippen LogP contribution in [0.2, 0.25) is 0 Å². The van der Waals surface area contributed by atoms with Crippen molar-refractivity contribution in [2.45, 2.75) is 57.0 Å². The molecule has 0 fully saturated rings. The van der Waals surface area contributed by atoms with Crippen molar-refractivity contribution in [3.8, 4) is 0 Å². The van der Waals surface area contributed by atoms with Crippen molar-refractivity contribution >= 4 is 25.7 Å². The smallest absolute Gasteiger partial charge is 0.451 e. The van der Waals surface area contributed by atoms with Gasteiger partial charge in [0.2, 0.25) is 11.7 Å². The third kappa shape index (κ3) is 14.7. The van der Waals surface area contributed by atoms with Crippen LogP contribution >= 0.6 is 7.82 Å². The molecule has 3 amide bonds. The number of carbonyl (C=O) groups excluding carboxylic acids is 2. The van der Waals surface area contributed by atoms with Crippen LogP contribution in [0.4, 0.5) is 31.1 Å². The second-order valence-corrected chi connectivity index (χ2v) is 10.2. The lowest BCUT2D eigenvalue weighted by molar-refractivity contribution is -0.337. The van der Waals surface area contributed by atoms with E-state index in [9.17, 15) is 40.7 Å². The van der Waals surface area contributed by atoms with Crippen LogP contribution in [0, 0.1) is 17.5 Å². The number of phosphoric acid groups is 1. The first-order chi connectivity index (χ1) is 20.6. The summed E-state index contributed by atoms with van der Waals surface area (Å²) in [5.74, 6) is -6.18. The molecule has 1 aliphatic heterocycles. The summed E-state index contributed by atoms with van der Waals surface area (Å²) in [7, 11) is -5.14. The molecular formula is C22H29F6N8O8P-2. The van der Waals surface area contributed by atoms with Crippen molar-refractivity contribution in [1.29, 1.82) is 0 Å². The number of nitrogens with one attached hydrogen (secondary N) is 1. The number of primary amides is 1. The summed E-state index contributed by atoms with van der Waals surface area (Å²) in [6.07, 6.45) is -4.27. The molecule has 0 bridgehead atoms. The number of rotatable bonds is 9. The highest BCUT2D eigenvalue weighted by Gasteiger charge is 2.40. The Bertz CT molecular complexity index is 1370. The highest BCUT2D eigenvalue weighted by atomic mass is 31.2. The first-order valence-corrected chi connectivity index (χ1v) is 14.0. The number of carboxylic acid groups (broad SMARTS) is 1. The zero-order valence-corrected chi connectivity index (χ0v) is 23.9. The molecule has 45 heavy (non-hydrogen) atoms. The van der Waals surface area contributed by atoms with E-state index in [1.165, 1.54) is 4.90 Å². The number of amides is 3. The second kappa shape index (κ2) is 17.0. The average molecular weight is 678 g/mol. The van der Waals surface area contributed by atoms with Gasteiger partial charge in [0.15, 0.2) is 17.5 Å². The minimum Gasteiger partial charge on any atom is -0.790 e. The summed E-state index contributed by atoms with van der Waals surface area (Å²) in [6, 6.07) is -1.29. The quantitative estimate of drug-likeness (QED) is 0.0779. The lowest BCUT2D eigenvalue weighted by Gasteiger charge is -2.29. The van der Waals surface area contributed by atoms with E-state index < -0.39 is 67.3 Å². The maximum atomic E-state index is 13.7. The van der Waals surface area contributed by atoms with E-state index in [2.05, 4.69) is 15.5 Å². The Morgan fingerprint density at radius 3 is 2.18 bits per heavy atom. The monoisotopic (exact) mass is 678 g/mol. The van der Waals surface area contributed by atoms with Gasteiger partial charge in [-0.1, -0.05) is 0 Å². The van der Waals surface area contributed by atoms with Gasteiger partial charge in [0.25, 0.3) is 0 Å². The number of carboxylic acids is 1. The van der Waals surface area contributed by atoms with Gasteiger partial charge >= 0.3 is 18.2 Å². The van der Waals surface area contributed by atoms with E-state index in [1.54, 1.807) is 0 Å². The maximum Gasteiger partial charge on any atom is 0.451 e. The normalized spacial score (nSPS) is 14.2. The summed E-state index contributed by atoms with van der Waals surface area (Å²) >= 11 is 0. The summed E-state index contributed by atoms with van der Waals surface area (Å²) in [4.78, 5) is 58.2. The number of urea groups is 1. The van der Waals surface area contributed by atoms with E-state index in [1.807, 2.05) is 0 Å². The predicted octanol–water partition coefficient (Wildman–Crippen LogP) is -1.33. The number of alkyl halides is 3. The van der Waals surface area contributed by atoms with Crippen LogP contribution in [0.1, 0.15) is 36.5 Å². The van der Waals surface area contributed by atoms with Gasteiger partial charge in [-0.15, -0.1) is 10.2 Å². The van der Waals surface area contributed by atoms with Gasteiger partial charge in [-0.3, -0.25) is 9.59 Å². The minimum absolute atomic E-state index is 0.000783. The van der Waals surface area contributed by atoms with Gasteiger partial charge in [-0.05, 0) is 30.9 Å². The number of hydrogen-bond donors (Lipinski definition) is 6. The number of halogens is 6. The molecule has 2 heterocycles. The molecule has 0 saturated heterocycles. The highest BCUT2D eigenvalue weighted by Crippen LogP contribution is 2.29. The number of nitrogens with two attached hydrogens (primary N) is 3. The van der Waals surface area contributed by atoms with E-state index >= 15 is 0 Å². The van der Waals surface area contributed by atoms with Gasteiger partial charge in [-0.25, -0.2) is 18.0 Å². The highest BCUT2D eigenvalue weighted by molar-refractivity contribution is 7.42. The molecule has 1 aliphatic rings. The molecule has 2 aromatic rings. The summed E-state index contributed by atoms with van der Waals surface area (Å²) < 4.78 is 87.9. The third-order valence-corrected chi connectivity index (χ3v) is 5.68. The Balaban J connectivity index is 0.000000495. The first kappa shape index (κ1) is 39.2. The molecule has 23 heteroatoms. The lowest BCUT2D eigenvalue weighted by atomic mass is 10.0. The number of fused-ring (bicyclic) bond motifs is 1. The summed E-state index contributed by atoms with van der Waals surface area (Å²) in [5, 5.41) is 17.3. The molecule has 0 radical (unpaired) electrons. The van der Waals surface area contributed by atoms with Crippen LogP contribution < -0.4 is 32.3 Å². The fourth-order valence-corrected chi connectivity index (χ4v) is 3.67. The van der Waals surface area contributed by atoms with Crippen molar-refractivity contribution in [2.24, 2.45) is 17.2 Å². The van der Waals surface area contributed by atoms with Gasteiger partial charge in [0.05, 0.1) is 14.4 Å². The van der Waals surface area contributed by atoms with Gasteiger partial charge < -0.3 is 56.3 Å². The van der Waals surface area contributed by atoms with Crippen molar-refractivity contribution in [3.05, 3.63) is 46.8 Å². The molecule has 0 saturated carbocycles. The molecular weight excluding hydrogens is 649 g/mol. The predicted molar refractivity (Wildman–Crippen MR) is 135 cm³/mol. The van der Waals surface area contributed by atoms with E-state index in [-0.39, 0.29) is 43.9 Å². The standard InChI is InChI=1S/C16H15F6N5O.C6H13N3O3.H3O4P/c17-10-6-12(19)11(18)4-8(10)3-9(23)5-14(28)26-1-2-27-13(7-26)24-25-15(27)16(20,21)22;7-4(5(10)11)2-1-3-9-6(8)12;1-5(2,3)4/h4,6,9H,1-3,5,7,23H2;4H,1-3,7H2,(H,10,11)(H3,8,9,12);(H3,1,2,3,4)/p-2/t9-;4-;/m10./s1. The minimum atomic E-state index is -5.14. The zero-order valence-electron chi connectivity index (χ0n) is 23.0. The first-order valence-electron chi connectivity index (χ1n) is 12.5. The molecule has 9 N–H and O–H groups in total. The van der Waals surface area contributed by atoms with Crippen LogP contribution in [-0.2, 0) is 39.8 Å². The maximum absolute atomic E-state index is 13.7. The Kier molecular flexibility index (Phi) is 14.8. The number of aliphatic carboxylic acids is 1. The molecule has 0 spiro atoms. The van der Waals surface area contributed by atoms with E-state index in [4.69, 9.17) is 41.6 Å². The van der Waals surface area contributed by atoms with Crippen LogP contribution in [0.5, 0.6) is 0 Å².